The van der Waals surface area contributed by atoms with Crippen molar-refractivity contribution in [1.82, 2.24) is 10.4 Å². The van der Waals surface area contributed by atoms with Crippen molar-refractivity contribution >= 4 is 34.8 Å². The summed E-state index contributed by atoms with van der Waals surface area (Å²) >= 11 is 2.25. The number of amides is 2. The first-order valence-electron chi connectivity index (χ1n) is 7.88. The molecule has 0 spiro atoms. The van der Waals surface area contributed by atoms with Gasteiger partial charge in [0.25, 0.3) is 0 Å². The number of carbonyl (C=O) groups is 2. The summed E-state index contributed by atoms with van der Waals surface area (Å²) in [6.45, 7) is 3.89. The molecule has 0 fully saturated rings. The van der Waals surface area contributed by atoms with Gasteiger partial charge in [0.2, 0.25) is 0 Å². The monoisotopic (exact) mass is 444 g/mol. The van der Waals surface area contributed by atoms with E-state index >= 15 is 0 Å². The molecule has 7 heteroatoms. The second-order valence-electron chi connectivity index (χ2n) is 5.21. The number of ether oxygens (including phenoxy) is 2. The largest absolute Gasteiger partial charge is 0.449 e. The number of rotatable bonds is 4. The van der Waals surface area contributed by atoms with Crippen LogP contribution >= 0.6 is 22.6 Å². The average molecular weight is 444 g/mol. The maximum Gasteiger partial charge on any atom is 0.429 e. The summed E-state index contributed by atoms with van der Waals surface area (Å²) in [5.74, 6) is -0.0201. The van der Waals surface area contributed by atoms with Gasteiger partial charge in [0.1, 0.15) is 0 Å². The van der Waals surface area contributed by atoms with Crippen LogP contribution < -0.4 is 5.43 Å². The van der Waals surface area contributed by atoms with Gasteiger partial charge in [-0.3, -0.25) is 0 Å². The molecule has 1 aliphatic carbocycles. The van der Waals surface area contributed by atoms with Crippen LogP contribution in [-0.4, -0.2) is 36.5 Å². The van der Waals surface area contributed by atoms with E-state index in [-0.39, 0.29) is 25.2 Å². The second kappa shape index (κ2) is 8.91. The van der Waals surface area contributed by atoms with Gasteiger partial charge in [0.05, 0.1) is 19.3 Å². The Morgan fingerprint density at radius 1 is 1.21 bits per heavy atom. The third-order valence-corrected chi connectivity index (χ3v) is 4.39. The fourth-order valence-corrected chi connectivity index (χ4v) is 3.00. The maximum atomic E-state index is 12.3. The molecule has 2 rings (SSSR count). The summed E-state index contributed by atoms with van der Waals surface area (Å²) in [5.41, 5.74) is 3.59. The number of hydrogen-bond acceptors (Lipinski definition) is 4. The van der Waals surface area contributed by atoms with E-state index in [0.29, 0.717) is 6.42 Å². The van der Waals surface area contributed by atoms with E-state index in [1.54, 1.807) is 13.8 Å². The van der Waals surface area contributed by atoms with E-state index < -0.39 is 12.2 Å². The van der Waals surface area contributed by atoms with Gasteiger partial charge in [-0.2, -0.15) is 0 Å². The van der Waals surface area contributed by atoms with Crippen molar-refractivity contribution < 1.29 is 19.1 Å². The van der Waals surface area contributed by atoms with Gasteiger partial charge in [-0.05, 0) is 60.6 Å². The Labute approximate surface area is 155 Å². The number of carbonyl (C=O) groups excluding carboxylic acids is 2. The van der Waals surface area contributed by atoms with E-state index in [0.717, 1.165) is 9.13 Å². The topological polar surface area (TPSA) is 67.9 Å². The first-order chi connectivity index (χ1) is 11.6. The van der Waals surface area contributed by atoms with Gasteiger partial charge in [-0.25, -0.2) is 20.0 Å². The molecule has 2 atom stereocenters. The van der Waals surface area contributed by atoms with Crippen LogP contribution in [0, 0.1) is 3.57 Å². The molecule has 0 heterocycles. The smallest absolute Gasteiger partial charge is 0.429 e. The molecule has 6 nitrogen and oxygen atoms in total. The molecule has 0 aliphatic heterocycles. The Bertz CT molecular complexity index is 603. The predicted octanol–water partition coefficient (Wildman–Crippen LogP) is 3.82. The summed E-state index contributed by atoms with van der Waals surface area (Å²) in [4.78, 5) is 24.1. The zero-order chi connectivity index (χ0) is 17.5. The maximum absolute atomic E-state index is 12.3. The molecule has 24 heavy (non-hydrogen) atoms. The van der Waals surface area contributed by atoms with Crippen molar-refractivity contribution in [2.24, 2.45) is 0 Å². The van der Waals surface area contributed by atoms with Gasteiger partial charge < -0.3 is 9.47 Å². The van der Waals surface area contributed by atoms with Crippen LogP contribution in [0.15, 0.2) is 36.4 Å². The van der Waals surface area contributed by atoms with Crippen LogP contribution in [0.3, 0.4) is 0 Å². The SMILES string of the molecule is CCOC(=O)NN(C(=O)OCC)[C@H]1CC=CC1c1ccc(I)cc1. The van der Waals surface area contributed by atoms with E-state index in [4.69, 9.17) is 9.47 Å². The first kappa shape index (κ1) is 18.6. The van der Waals surface area contributed by atoms with Crippen molar-refractivity contribution in [2.45, 2.75) is 32.2 Å². The minimum absolute atomic E-state index is 0.0201. The van der Waals surface area contributed by atoms with Crippen molar-refractivity contribution in [1.29, 1.82) is 0 Å². The van der Waals surface area contributed by atoms with Crippen LogP contribution in [0.4, 0.5) is 9.59 Å². The zero-order valence-corrected chi connectivity index (χ0v) is 15.9. The Morgan fingerprint density at radius 3 is 2.50 bits per heavy atom. The van der Waals surface area contributed by atoms with Crippen molar-refractivity contribution in [3.63, 3.8) is 0 Å². The predicted molar refractivity (Wildman–Crippen MR) is 98.5 cm³/mol. The van der Waals surface area contributed by atoms with Gasteiger partial charge in [0.15, 0.2) is 0 Å². The number of hydrogen-bond donors (Lipinski definition) is 1. The van der Waals surface area contributed by atoms with Gasteiger partial charge in [-0.15, -0.1) is 0 Å². The van der Waals surface area contributed by atoms with E-state index in [1.807, 2.05) is 36.4 Å². The second-order valence-corrected chi connectivity index (χ2v) is 6.46. The van der Waals surface area contributed by atoms with E-state index in [9.17, 15) is 9.59 Å². The van der Waals surface area contributed by atoms with Crippen molar-refractivity contribution in [3.05, 3.63) is 45.6 Å². The number of halogens is 1. The number of nitrogens with one attached hydrogen (secondary N) is 1. The van der Waals surface area contributed by atoms with E-state index in [2.05, 4.69) is 28.0 Å². The first-order valence-corrected chi connectivity index (χ1v) is 8.96. The molecule has 1 aromatic carbocycles. The molecule has 0 saturated carbocycles. The average Bonchev–Trinajstić information content (AvgIpc) is 3.03. The highest BCUT2D eigenvalue weighted by Gasteiger charge is 2.35. The molecule has 1 aliphatic rings. The highest BCUT2D eigenvalue weighted by molar-refractivity contribution is 14.1. The van der Waals surface area contributed by atoms with Gasteiger partial charge in [0, 0.05) is 9.49 Å². The number of nitrogens with zero attached hydrogens (tertiary/aromatic N) is 1. The minimum atomic E-state index is -0.668. The van der Waals surface area contributed by atoms with Crippen LogP contribution in [0.2, 0.25) is 0 Å². The third kappa shape index (κ3) is 4.62. The minimum Gasteiger partial charge on any atom is -0.449 e. The van der Waals surface area contributed by atoms with Gasteiger partial charge in [-0.1, -0.05) is 24.3 Å². The zero-order valence-electron chi connectivity index (χ0n) is 13.7. The molecular weight excluding hydrogens is 423 g/mol. The highest BCUT2D eigenvalue weighted by atomic mass is 127. The fraction of sp³-hybridized carbons (Fsp3) is 0.412. The standard InChI is InChI=1S/C17H21IN2O4/c1-3-23-16(21)19-20(17(22)24-4-2)15-7-5-6-14(15)12-8-10-13(18)11-9-12/h5-6,8-11,14-15H,3-4,7H2,1-2H3,(H,19,21)/t14?,15-/m0/s1. The summed E-state index contributed by atoms with van der Waals surface area (Å²) in [5, 5.41) is 1.24. The van der Waals surface area contributed by atoms with Gasteiger partial charge >= 0.3 is 12.2 Å². The fourth-order valence-electron chi connectivity index (χ4n) is 2.64. The molecule has 130 valence electrons. The van der Waals surface area contributed by atoms with Crippen molar-refractivity contribution in [2.75, 3.05) is 13.2 Å². The summed E-state index contributed by atoms with van der Waals surface area (Å²) in [6, 6.07) is 7.85. The Balaban J connectivity index is 2.21. The van der Waals surface area contributed by atoms with Crippen LogP contribution in [-0.2, 0) is 9.47 Å². The quantitative estimate of drug-likeness (QED) is 0.436. The molecule has 0 bridgehead atoms. The lowest BCUT2D eigenvalue weighted by molar-refractivity contribution is 0.0541. The van der Waals surface area contributed by atoms with Crippen molar-refractivity contribution in [3.8, 4) is 0 Å². The Kier molecular flexibility index (Phi) is 6.89. The Hall–Kier alpha value is -1.77. The number of benzene rings is 1. The molecule has 1 unspecified atom stereocenters. The molecule has 1 aromatic rings. The molecule has 0 aromatic heterocycles. The van der Waals surface area contributed by atoms with Crippen LogP contribution in [0.1, 0.15) is 31.7 Å². The Morgan fingerprint density at radius 2 is 1.88 bits per heavy atom. The van der Waals surface area contributed by atoms with E-state index in [1.165, 1.54) is 5.01 Å². The summed E-state index contributed by atoms with van der Waals surface area (Å²) in [7, 11) is 0. The van der Waals surface area contributed by atoms with Crippen LogP contribution in [0.25, 0.3) is 0 Å². The lowest BCUT2D eigenvalue weighted by Crippen LogP contribution is -2.53. The lowest BCUT2D eigenvalue weighted by Gasteiger charge is -2.32. The van der Waals surface area contributed by atoms with Crippen LogP contribution in [0.5, 0.6) is 0 Å². The lowest BCUT2D eigenvalue weighted by atomic mass is 9.94. The normalized spacial score (nSPS) is 19.0. The summed E-state index contributed by atoms with van der Waals surface area (Å²) in [6.07, 6.45) is 3.42. The summed E-state index contributed by atoms with van der Waals surface area (Å²) < 4.78 is 11.1. The molecular formula is C17H21IN2O4. The molecule has 2 amide bonds. The third-order valence-electron chi connectivity index (χ3n) is 3.67. The molecule has 0 radical (unpaired) electrons. The highest BCUT2D eigenvalue weighted by Crippen LogP contribution is 2.32. The molecule has 0 saturated heterocycles. The molecule has 1 N–H and O–H groups in total. The number of hydrazine groups is 1.